The second-order valence-corrected chi connectivity index (χ2v) is 14.7. The van der Waals surface area contributed by atoms with Crippen LogP contribution in [0, 0.1) is 0 Å². The van der Waals surface area contributed by atoms with Gasteiger partial charge in [0.2, 0.25) is 11.7 Å². The number of carbonyl (C=O) groups excluding carboxylic acids is 5. The Labute approximate surface area is 331 Å². The van der Waals surface area contributed by atoms with E-state index in [-0.39, 0.29) is 46.6 Å². The molecule has 1 fully saturated rings. The van der Waals surface area contributed by atoms with Crippen LogP contribution in [0.3, 0.4) is 0 Å². The number of aryl methyl sites for hydroxylation is 1. The number of rotatable bonds is 11. The maximum Gasteiger partial charge on any atom is 0.258 e. The van der Waals surface area contributed by atoms with E-state index < -0.39 is 108 Å². The Morgan fingerprint density at radius 1 is 1.02 bits per heavy atom. The quantitative estimate of drug-likeness (QED) is 0.0489. The van der Waals surface area contributed by atoms with Gasteiger partial charge in [-0.3, -0.25) is 24.0 Å². The Kier molecular flexibility index (Phi) is 11.0. The molecule has 7 rings (SSSR count). The van der Waals surface area contributed by atoms with Crippen molar-refractivity contribution in [3.05, 3.63) is 93.6 Å². The van der Waals surface area contributed by atoms with E-state index in [1.54, 1.807) is 31.2 Å². The average molecular weight is 799 g/mol. The fourth-order valence-corrected chi connectivity index (χ4v) is 8.00. The third kappa shape index (κ3) is 7.16. The molecule has 0 unspecified atom stereocenters. The van der Waals surface area contributed by atoms with Crippen molar-refractivity contribution in [3.8, 4) is 17.2 Å². The molecule has 17 heteroatoms. The molecule has 2 heterocycles. The van der Waals surface area contributed by atoms with Crippen molar-refractivity contribution in [2.75, 3.05) is 18.6 Å². The molecule has 3 amide bonds. The zero-order valence-corrected chi connectivity index (χ0v) is 31.5. The molecule has 6 atom stereocenters. The molecule has 0 aromatic heterocycles. The van der Waals surface area contributed by atoms with Gasteiger partial charge < -0.3 is 45.5 Å². The van der Waals surface area contributed by atoms with Crippen LogP contribution in [0.4, 0.5) is 5.69 Å². The minimum atomic E-state index is -2.17. The summed E-state index contributed by atoms with van der Waals surface area (Å²) in [6.45, 7) is 0.702. The number of aliphatic hydroxyl groups is 3. The number of phenols is 2. The molecule has 0 saturated carbocycles. The second-order valence-electron chi connectivity index (χ2n) is 14.7. The molecular formula is C41H42N4O13. The molecular weight excluding hydrogens is 756 g/mol. The van der Waals surface area contributed by atoms with Gasteiger partial charge in [-0.25, -0.2) is 10.3 Å². The highest BCUT2D eigenvalue weighted by atomic mass is 16.7. The number of nitrogens with zero attached hydrogens (tertiary/aromatic N) is 2. The number of aromatic hydroxyl groups is 2. The van der Waals surface area contributed by atoms with Crippen LogP contribution in [0.25, 0.3) is 0 Å². The standard InChI is InChI=1S/C41H42N4O13/c1-19-36(50)24(42)15-31(57-19)58-26-17-41(55,16-23-33(26)40(54)35-34(38(23)52)37(51)22-6-4-7-25(56-2)32(22)39(35)53)27(18-46)43-44-28(47)8-3-5-20-9-11-21(12-10-20)45-29(48)13-14-30(45)49/h4,6-7,9-14,19,24,26,31,36,46,50,52,54-55H,3,5,8,15-18,42H2,1-2H3,(H,44,47)/b43-27+/t19-,24-,26-,31-,36+,41-/m0/s1. The Hall–Kier alpha value is -5.82. The number of hydrogen-bond donors (Lipinski definition) is 7. The third-order valence-corrected chi connectivity index (χ3v) is 11.0. The van der Waals surface area contributed by atoms with Gasteiger partial charge in [-0.1, -0.05) is 24.3 Å². The van der Waals surface area contributed by atoms with Crippen LogP contribution >= 0.6 is 0 Å². The van der Waals surface area contributed by atoms with Crippen molar-refractivity contribution in [1.29, 1.82) is 0 Å². The van der Waals surface area contributed by atoms with E-state index in [4.69, 9.17) is 19.9 Å². The Balaban J connectivity index is 1.15. The van der Waals surface area contributed by atoms with Gasteiger partial charge in [0.1, 0.15) is 22.8 Å². The number of hydrazone groups is 1. The number of ketones is 2. The van der Waals surface area contributed by atoms with E-state index >= 15 is 0 Å². The highest BCUT2D eigenvalue weighted by molar-refractivity contribution is 6.31. The van der Waals surface area contributed by atoms with Crippen LogP contribution in [0.15, 0.2) is 59.7 Å². The number of benzene rings is 3. The molecule has 1 saturated heterocycles. The lowest BCUT2D eigenvalue weighted by Crippen LogP contribution is -2.53. The number of carbonyl (C=O) groups is 5. The van der Waals surface area contributed by atoms with Crippen molar-refractivity contribution in [2.45, 2.75) is 81.7 Å². The molecule has 58 heavy (non-hydrogen) atoms. The molecule has 3 aromatic rings. The number of phenolic OH excluding ortho intramolecular Hbond substituents is 2. The molecule has 0 spiro atoms. The number of fused-ring (bicyclic) bond motifs is 3. The predicted octanol–water partition coefficient (Wildman–Crippen LogP) is 1.36. The van der Waals surface area contributed by atoms with E-state index in [0.717, 1.165) is 10.5 Å². The monoisotopic (exact) mass is 798 g/mol. The van der Waals surface area contributed by atoms with Gasteiger partial charge in [-0.2, -0.15) is 5.10 Å². The average Bonchev–Trinajstić information content (AvgIpc) is 3.53. The maximum absolute atomic E-state index is 14.0. The van der Waals surface area contributed by atoms with Gasteiger partial charge in [0.05, 0.1) is 60.1 Å². The number of nitrogens with two attached hydrogens (primary N) is 1. The first-order valence-electron chi connectivity index (χ1n) is 18.6. The smallest absolute Gasteiger partial charge is 0.258 e. The molecule has 4 aliphatic rings. The molecule has 2 aliphatic heterocycles. The Bertz CT molecular complexity index is 2240. The summed E-state index contributed by atoms with van der Waals surface area (Å²) in [5.74, 6) is -4.33. The first kappa shape index (κ1) is 40.4. The second kappa shape index (κ2) is 15.8. The van der Waals surface area contributed by atoms with E-state index in [2.05, 4.69) is 10.5 Å². The maximum atomic E-state index is 14.0. The summed E-state index contributed by atoms with van der Waals surface area (Å²) in [6.07, 6.45) is -2.13. The molecule has 0 bridgehead atoms. The molecule has 304 valence electrons. The van der Waals surface area contributed by atoms with E-state index in [0.29, 0.717) is 18.5 Å². The topological polar surface area (TPSA) is 268 Å². The molecule has 0 radical (unpaired) electrons. The number of ether oxygens (including phenoxy) is 3. The third-order valence-electron chi connectivity index (χ3n) is 11.0. The SMILES string of the molecule is COc1cccc2c1C(=O)c1c(O)c3c(c(O)c1C2=O)C[C@@](O)(/C(CO)=N/NC(=O)CCCc1ccc(N2C(=O)C=CC2=O)cc1)C[C@@H]3O[C@H]1C[C@H](N)[C@H](O)[C@H](C)O1. The van der Waals surface area contributed by atoms with Crippen LogP contribution in [-0.4, -0.2) is 104 Å². The van der Waals surface area contributed by atoms with Crippen LogP contribution in [0.5, 0.6) is 17.2 Å². The molecule has 3 aromatic carbocycles. The van der Waals surface area contributed by atoms with Crippen molar-refractivity contribution >= 4 is 40.7 Å². The summed E-state index contributed by atoms with van der Waals surface area (Å²) in [5.41, 5.74) is 5.77. The minimum Gasteiger partial charge on any atom is -0.507 e. The summed E-state index contributed by atoms with van der Waals surface area (Å²) in [6, 6.07) is 10.3. The summed E-state index contributed by atoms with van der Waals surface area (Å²) in [7, 11) is 1.32. The highest BCUT2D eigenvalue weighted by Crippen LogP contribution is 2.52. The van der Waals surface area contributed by atoms with Crippen molar-refractivity contribution in [2.24, 2.45) is 10.8 Å². The fourth-order valence-electron chi connectivity index (χ4n) is 8.00. The first-order valence-corrected chi connectivity index (χ1v) is 18.6. The van der Waals surface area contributed by atoms with Gasteiger partial charge in [-0.05, 0) is 43.5 Å². The number of aliphatic hydroxyl groups excluding tert-OH is 2. The largest absolute Gasteiger partial charge is 0.507 e. The normalized spacial score (nSPS) is 25.4. The number of methoxy groups -OCH3 is 1. The lowest BCUT2D eigenvalue weighted by Gasteiger charge is -2.43. The summed E-state index contributed by atoms with van der Waals surface area (Å²) in [5, 5.41) is 60.8. The van der Waals surface area contributed by atoms with Crippen LogP contribution in [-0.2, 0) is 36.7 Å². The summed E-state index contributed by atoms with van der Waals surface area (Å²) in [4.78, 5) is 65.8. The number of anilines is 1. The highest BCUT2D eigenvalue weighted by Gasteiger charge is 2.49. The minimum absolute atomic E-state index is 0.0174. The number of hydrogen-bond acceptors (Lipinski definition) is 15. The van der Waals surface area contributed by atoms with Gasteiger partial charge >= 0.3 is 0 Å². The van der Waals surface area contributed by atoms with Crippen LogP contribution in [0.2, 0.25) is 0 Å². The van der Waals surface area contributed by atoms with E-state index in [1.807, 2.05) is 0 Å². The zero-order valence-electron chi connectivity index (χ0n) is 31.5. The summed E-state index contributed by atoms with van der Waals surface area (Å²) >= 11 is 0. The zero-order chi connectivity index (χ0) is 41.6. The number of nitrogens with one attached hydrogen (secondary N) is 1. The van der Waals surface area contributed by atoms with Crippen LogP contribution in [0.1, 0.15) is 87.2 Å². The number of imide groups is 1. The van der Waals surface area contributed by atoms with Crippen molar-refractivity contribution < 1.29 is 63.7 Å². The van der Waals surface area contributed by atoms with Crippen molar-refractivity contribution in [3.63, 3.8) is 0 Å². The van der Waals surface area contributed by atoms with E-state index in [9.17, 15) is 49.5 Å². The molecule has 2 aliphatic carbocycles. The van der Waals surface area contributed by atoms with Gasteiger partial charge in [0.15, 0.2) is 12.1 Å². The summed E-state index contributed by atoms with van der Waals surface area (Å²) < 4.78 is 17.5. The van der Waals surface area contributed by atoms with Gasteiger partial charge in [-0.15, -0.1) is 0 Å². The molecule has 17 nitrogen and oxygen atoms in total. The first-order chi connectivity index (χ1) is 27.7. The number of amides is 3. The lowest BCUT2D eigenvalue weighted by molar-refractivity contribution is -0.245. The Morgan fingerprint density at radius 2 is 1.71 bits per heavy atom. The van der Waals surface area contributed by atoms with Gasteiger partial charge in [0, 0.05) is 60.6 Å². The lowest BCUT2D eigenvalue weighted by atomic mass is 9.71. The fraction of sp³-hybridized carbons (Fsp3) is 0.366. The molecule has 8 N–H and O–H groups in total. The van der Waals surface area contributed by atoms with Crippen molar-refractivity contribution in [1.82, 2.24) is 5.43 Å². The van der Waals surface area contributed by atoms with E-state index in [1.165, 1.54) is 37.5 Å². The predicted molar refractivity (Wildman–Crippen MR) is 203 cm³/mol. The van der Waals surface area contributed by atoms with Gasteiger partial charge in [0.25, 0.3) is 11.8 Å². The Morgan fingerprint density at radius 3 is 2.36 bits per heavy atom. The van der Waals surface area contributed by atoms with Crippen LogP contribution < -0.4 is 20.8 Å².